The van der Waals surface area contributed by atoms with Crippen molar-refractivity contribution in [2.75, 3.05) is 18.4 Å². The van der Waals surface area contributed by atoms with Crippen molar-refractivity contribution in [3.05, 3.63) is 71.0 Å². The number of fused-ring (bicyclic) bond motifs is 1. The van der Waals surface area contributed by atoms with E-state index in [4.69, 9.17) is 0 Å². The summed E-state index contributed by atoms with van der Waals surface area (Å²) in [5, 5.41) is 3.63. The second-order valence-electron chi connectivity index (χ2n) is 8.61. The van der Waals surface area contributed by atoms with E-state index in [0.717, 1.165) is 48.2 Å². The van der Waals surface area contributed by atoms with Crippen LogP contribution in [-0.2, 0) is 6.54 Å². The standard InChI is InChI=1S/C25H27N5OS/c1-17-8-11-29(12-9-17)16-22-18(2)26-25(32-22)28-24(31)20-10-13-30-15-21(27-23(30)14-20)19-6-4-3-5-7-19/h3-7,10,13-15,17H,8-9,11-12,16H2,1-2H3,(H,26,28,31). The van der Waals surface area contributed by atoms with Crippen molar-refractivity contribution in [2.45, 2.75) is 33.2 Å². The Bertz CT molecular complexity index is 1240. The Kier molecular flexibility index (Phi) is 5.76. The Morgan fingerprint density at radius 3 is 2.72 bits per heavy atom. The Morgan fingerprint density at radius 1 is 1.16 bits per heavy atom. The van der Waals surface area contributed by atoms with Gasteiger partial charge in [0.25, 0.3) is 5.91 Å². The number of aromatic nitrogens is 3. The first-order valence-electron chi connectivity index (χ1n) is 11.1. The quantitative estimate of drug-likeness (QED) is 0.456. The van der Waals surface area contributed by atoms with Crippen molar-refractivity contribution in [1.82, 2.24) is 19.3 Å². The number of thiazole rings is 1. The van der Waals surface area contributed by atoms with Crippen LogP contribution in [0.5, 0.6) is 0 Å². The van der Waals surface area contributed by atoms with E-state index in [0.29, 0.717) is 10.7 Å². The number of piperidine rings is 1. The van der Waals surface area contributed by atoms with Gasteiger partial charge in [0.2, 0.25) is 0 Å². The zero-order chi connectivity index (χ0) is 22.1. The molecule has 4 heterocycles. The fraction of sp³-hybridized carbons (Fsp3) is 0.320. The molecule has 1 aliphatic heterocycles. The zero-order valence-electron chi connectivity index (χ0n) is 18.4. The minimum absolute atomic E-state index is 0.163. The van der Waals surface area contributed by atoms with Crippen molar-refractivity contribution in [1.29, 1.82) is 0 Å². The van der Waals surface area contributed by atoms with Crippen LogP contribution in [-0.4, -0.2) is 38.3 Å². The Balaban J connectivity index is 1.29. The van der Waals surface area contributed by atoms with E-state index in [1.807, 2.05) is 66.2 Å². The zero-order valence-corrected chi connectivity index (χ0v) is 19.2. The number of pyridine rings is 1. The van der Waals surface area contributed by atoms with Crippen molar-refractivity contribution < 1.29 is 4.79 Å². The van der Waals surface area contributed by atoms with Gasteiger partial charge in [-0.3, -0.25) is 15.0 Å². The van der Waals surface area contributed by atoms with E-state index in [1.165, 1.54) is 17.7 Å². The summed E-state index contributed by atoms with van der Waals surface area (Å²) in [6, 6.07) is 13.7. The SMILES string of the molecule is Cc1nc(NC(=O)c2ccn3cc(-c4ccccc4)nc3c2)sc1CN1CCC(C)CC1. The number of hydrogen-bond donors (Lipinski definition) is 1. The van der Waals surface area contributed by atoms with Crippen LogP contribution in [0.3, 0.4) is 0 Å². The normalized spacial score (nSPS) is 15.3. The molecule has 32 heavy (non-hydrogen) atoms. The minimum atomic E-state index is -0.163. The number of imidazole rings is 1. The molecule has 0 saturated carbocycles. The number of anilines is 1. The van der Waals surface area contributed by atoms with Crippen LogP contribution in [0.2, 0.25) is 0 Å². The van der Waals surface area contributed by atoms with Crippen molar-refractivity contribution in [2.24, 2.45) is 5.92 Å². The lowest BCUT2D eigenvalue weighted by Crippen LogP contribution is -2.32. The van der Waals surface area contributed by atoms with Gasteiger partial charge in [0.15, 0.2) is 5.13 Å². The molecule has 0 spiro atoms. The molecular formula is C25H27N5OS. The van der Waals surface area contributed by atoms with Crippen LogP contribution >= 0.6 is 11.3 Å². The Hall–Kier alpha value is -3.03. The summed E-state index contributed by atoms with van der Waals surface area (Å²) >= 11 is 1.58. The van der Waals surface area contributed by atoms with Crippen LogP contribution in [0.15, 0.2) is 54.9 Å². The third-order valence-electron chi connectivity index (χ3n) is 6.15. The van der Waals surface area contributed by atoms with Crippen molar-refractivity contribution in [3.63, 3.8) is 0 Å². The molecule has 5 rings (SSSR count). The van der Waals surface area contributed by atoms with E-state index in [1.54, 1.807) is 11.3 Å². The van der Waals surface area contributed by atoms with Crippen molar-refractivity contribution >= 4 is 28.0 Å². The van der Waals surface area contributed by atoms with E-state index in [-0.39, 0.29) is 5.91 Å². The van der Waals surface area contributed by atoms with Gasteiger partial charge in [-0.2, -0.15) is 0 Å². The predicted octanol–water partition coefficient (Wildman–Crippen LogP) is 5.25. The van der Waals surface area contributed by atoms with E-state index in [9.17, 15) is 4.79 Å². The molecule has 1 aliphatic rings. The number of amides is 1. The number of carbonyl (C=O) groups excluding carboxylic acids is 1. The molecule has 0 aliphatic carbocycles. The number of rotatable bonds is 5. The lowest BCUT2D eigenvalue weighted by atomic mass is 9.99. The number of hydrogen-bond acceptors (Lipinski definition) is 5. The molecule has 7 heteroatoms. The molecule has 0 unspecified atom stereocenters. The molecule has 1 amide bonds. The lowest BCUT2D eigenvalue weighted by Gasteiger charge is -2.29. The first kappa shape index (κ1) is 20.8. The van der Waals surface area contributed by atoms with E-state index in [2.05, 4.69) is 27.1 Å². The van der Waals surface area contributed by atoms with E-state index >= 15 is 0 Å². The first-order chi connectivity index (χ1) is 15.5. The minimum Gasteiger partial charge on any atom is -0.306 e. The fourth-order valence-electron chi connectivity index (χ4n) is 4.09. The van der Waals surface area contributed by atoms with Gasteiger partial charge in [-0.15, -0.1) is 11.3 Å². The van der Waals surface area contributed by atoms with Gasteiger partial charge in [0, 0.05) is 34.9 Å². The molecule has 164 valence electrons. The summed E-state index contributed by atoms with van der Waals surface area (Å²) < 4.78 is 1.93. The Labute approximate surface area is 191 Å². The smallest absolute Gasteiger partial charge is 0.257 e. The molecule has 0 atom stereocenters. The van der Waals surface area contributed by atoms with Gasteiger partial charge >= 0.3 is 0 Å². The summed E-state index contributed by atoms with van der Waals surface area (Å²) in [5.74, 6) is 0.656. The maximum absolute atomic E-state index is 12.9. The van der Waals surface area contributed by atoms with Crippen LogP contribution in [0.25, 0.3) is 16.9 Å². The van der Waals surface area contributed by atoms with Crippen molar-refractivity contribution in [3.8, 4) is 11.3 Å². The average Bonchev–Trinajstić information content (AvgIpc) is 3.38. The van der Waals surface area contributed by atoms with E-state index < -0.39 is 0 Å². The highest BCUT2D eigenvalue weighted by Crippen LogP contribution is 2.27. The third-order valence-corrected chi connectivity index (χ3v) is 7.21. The van der Waals surface area contributed by atoms with Crippen LogP contribution in [0, 0.1) is 12.8 Å². The molecule has 1 N–H and O–H groups in total. The number of carbonyl (C=O) groups is 1. The summed E-state index contributed by atoms with van der Waals surface area (Å²) in [4.78, 5) is 25.9. The second kappa shape index (κ2) is 8.84. The molecule has 6 nitrogen and oxygen atoms in total. The number of nitrogens with zero attached hydrogens (tertiary/aromatic N) is 4. The molecule has 4 aromatic rings. The maximum Gasteiger partial charge on any atom is 0.257 e. The average molecular weight is 446 g/mol. The Morgan fingerprint density at radius 2 is 1.94 bits per heavy atom. The molecule has 3 aromatic heterocycles. The largest absolute Gasteiger partial charge is 0.306 e. The monoisotopic (exact) mass is 445 g/mol. The third kappa shape index (κ3) is 4.45. The van der Waals surface area contributed by atoms with Gasteiger partial charge in [-0.1, -0.05) is 37.3 Å². The lowest BCUT2D eigenvalue weighted by molar-refractivity contribution is 0.102. The number of nitrogens with one attached hydrogen (secondary N) is 1. The summed E-state index contributed by atoms with van der Waals surface area (Å²) in [5.41, 5.74) is 4.25. The highest BCUT2D eigenvalue weighted by Gasteiger charge is 2.19. The summed E-state index contributed by atoms with van der Waals surface area (Å²) in [6.45, 7) is 7.53. The fourth-order valence-corrected chi connectivity index (χ4v) is 5.09. The van der Waals surface area contributed by atoms with Gasteiger partial charge in [0.05, 0.1) is 11.4 Å². The number of benzene rings is 1. The predicted molar refractivity (Wildman–Crippen MR) is 129 cm³/mol. The number of aryl methyl sites for hydroxylation is 1. The topological polar surface area (TPSA) is 62.5 Å². The molecular weight excluding hydrogens is 418 g/mol. The molecule has 1 fully saturated rings. The first-order valence-corrected chi connectivity index (χ1v) is 11.9. The summed E-state index contributed by atoms with van der Waals surface area (Å²) in [6.07, 6.45) is 6.36. The van der Waals surface area contributed by atoms with Gasteiger partial charge in [0.1, 0.15) is 5.65 Å². The maximum atomic E-state index is 12.9. The summed E-state index contributed by atoms with van der Waals surface area (Å²) in [7, 11) is 0. The van der Waals surface area contributed by atoms with Crippen LogP contribution in [0.4, 0.5) is 5.13 Å². The molecule has 1 saturated heterocycles. The highest BCUT2D eigenvalue weighted by atomic mass is 32.1. The van der Waals surface area contributed by atoms with Crippen LogP contribution in [0.1, 0.15) is 40.7 Å². The second-order valence-corrected chi connectivity index (χ2v) is 9.70. The molecule has 0 bridgehead atoms. The van der Waals surface area contributed by atoms with Gasteiger partial charge < -0.3 is 4.40 Å². The van der Waals surface area contributed by atoms with Gasteiger partial charge in [-0.25, -0.2) is 9.97 Å². The highest BCUT2D eigenvalue weighted by molar-refractivity contribution is 7.15. The number of likely N-dealkylation sites (tertiary alicyclic amines) is 1. The molecule has 0 radical (unpaired) electrons. The van der Waals surface area contributed by atoms with Crippen LogP contribution < -0.4 is 5.32 Å². The van der Waals surface area contributed by atoms with Gasteiger partial charge in [-0.05, 0) is 50.9 Å². The molecule has 1 aromatic carbocycles.